The summed E-state index contributed by atoms with van der Waals surface area (Å²) in [4.78, 5) is 44.2. The van der Waals surface area contributed by atoms with Crippen molar-refractivity contribution < 1.29 is 23.2 Å². The van der Waals surface area contributed by atoms with Gasteiger partial charge >= 0.3 is 0 Å². The molecule has 264 valence electrons. The number of carbonyl (C=O) groups is 3. The van der Waals surface area contributed by atoms with Gasteiger partial charge in [-0.25, -0.2) is 0 Å². The lowest BCUT2D eigenvalue weighted by Gasteiger charge is -2.44. The molecule has 1 aliphatic heterocycles. The first kappa shape index (κ1) is 36.4. The van der Waals surface area contributed by atoms with Crippen LogP contribution in [0.2, 0.25) is 24.7 Å². The van der Waals surface area contributed by atoms with E-state index >= 15 is 0 Å². The zero-order valence-corrected chi connectivity index (χ0v) is 32.5. The van der Waals surface area contributed by atoms with Crippen LogP contribution in [0.4, 0.5) is 0 Å². The largest absolute Gasteiger partial charge is 0.414 e. The fourth-order valence-corrected chi connectivity index (χ4v) is 14.6. The molecule has 8 heteroatoms. The Bertz CT molecular complexity index is 1640. The van der Waals surface area contributed by atoms with Gasteiger partial charge < -0.3 is 8.85 Å². The molecule has 6 atom stereocenters. The topological polar surface area (TPSA) is 72.9 Å². The van der Waals surface area contributed by atoms with Gasteiger partial charge in [-0.15, -0.1) is 0 Å². The number of ketones is 1. The highest BCUT2D eigenvalue weighted by atomic mass is 28.4. The van der Waals surface area contributed by atoms with Crippen LogP contribution in [-0.4, -0.2) is 51.8 Å². The minimum atomic E-state index is -2.68. The van der Waals surface area contributed by atoms with Crippen molar-refractivity contribution in [2.24, 2.45) is 29.6 Å². The van der Waals surface area contributed by atoms with Gasteiger partial charge in [-0.1, -0.05) is 124 Å². The Kier molecular flexibility index (Phi) is 10.7. The lowest BCUT2D eigenvalue weighted by atomic mass is 9.61. The van der Waals surface area contributed by atoms with Gasteiger partial charge in [-0.3, -0.25) is 19.3 Å². The summed E-state index contributed by atoms with van der Waals surface area (Å²) in [5.41, 5.74) is 0.909. The number of carbonyl (C=O) groups excluding carboxylic acids is 3. The Hall–Kier alpha value is -3.44. The summed E-state index contributed by atoms with van der Waals surface area (Å²) in [6.45, 7) is 14.0. The molecular weight excluding hydrogens is 655 g/mol. The number of benzene rings is 3. The van der Waals surface area contributed by atoms with Crippen LogP contribution in [0.5, 0.6) is 0 Å². The van der Waals surface area contributed by atoms with Gasteiger partial charge in [0, 0.05) is 12.5 Å². The van der Waals surface area contributed by atoms with E-state index in [0.717, 1.165) is 18.4 Å². The molecule has 3 aliphatic rings. The zero-order valence-electron chi connectivity index (χ0n) is 30.5. The lowest BCUT2D eigenvalue weighted by Crippen LogP contribution is -2.66. The number of rotatable bonds is 11. The highest BCUT2D eigenvalue weighted by Gasteiger charge is 2.60. The number of imide groups is 1. The molecule has 0 N–H and O–H groups in total. The van der Waals surface area contributed by atoms with Crippen LogP contribution in [0.1, 0.15) is 52.0 Å². The molecular formula is C42H53NO5Si2. The third-order valence-electron chi connectivity index (χ3n) is 10.9. The predicted octanol–water partition coefficient (Wildman–Crippen LogP) is 7.15. The van der Waals surface area contributed by atoms with Crippen molar-refractivity contribution in [1.82, 2.24) is 4.90 Å². The third kappa shape index (κ3) is 7.18. The highest BCUT2D eigenvalue weighted by Crippen LogP contribution is 2.49. The minimum Gasteiger partial charge on any atom is -0.414 e. The van der Waals surface area contributed by atoms with E-state index < -0.39 is 40.5 Å². The van der Waals surface area contributed by atoms with Crippen molar-refractivity contribution in [3.8, 4) is 0 Å². The second-order valence-corrected chi connectivity index (χ2v) is 25.2. The number of hydrogen-bond acceptors (Lipinski definition) is 5. The zero-order chi connectivity index (χ0) is 35.7. The van der Waals surface area contributed by atoms with E-state index in [-0.39, 0.29) is 41.0 Å². The minimum absolute atomic E-state index is 0.0346. The van der Waals surface area contributed by atoms with Crippen molar-refractivity contribution in [2.75, 3.05) is 6.61 Å². The van der Waals surface area contributed by atoms with Crippen LogP contribution in [0.25, 0.3) is 0 Å². The number of amides is 2. The van der Waals surface area contributed by atoms with Crippen molar-refractivity contribution >= 4 is 44.6 Å². The average Bonchev–Trinajstić information content (AvgIpc) is 3.31. The predicted molar refractivity (Wildman–Crippen MR) is 204 cm³/mol. The van der Waals surface area contributed by atoms with Gasteiger partial charge in [0.15, 0.2) is 8.32 Å². The van der Waals surface area contributed by atoms with Crippen LogP contribution >= 0.6 is 0 Å². The normalized spacial score (nSPS) is 26.4. The molecule has 0 aromatic heterocycles. The molecule has 1 saturated heterocycles. The fourth-order valence-electron chi connectivity index (χ4n) is 8.85. The Balaban J connectivity index is 1.26. The maximum absolute atomic E-state index is 14.6. The molecule has 2 fully saturated rings. The third-order valence-corrected chi connectivity index (χ3v) is 17.0. The number of likely N-dealkylation sites (tertiary alicyclic amines) is 1. The van der Waals surface area contributed by atoms with Gasteiger partial charge in [-0.05, 0) is 72.2 Å². The SMILES string of the molecule is CC(C)(C)[Si](OCCC[C@H]1/C=C\C[C@H](O[Si](C)(C)C)[C@H]2C(=O)[C@@H]1C[C@H]1C(=O)N(Cc3ccccc3)C(=O)[C@@H]21)(c1ccccc1)c1ccccc1. The quantitative estimate of drug-likeness (QED) is 0.0917. The first-order valence-corrected chi connectivity index (χ1v) is 23.7. The standard InChI is InChI=1S/C42H53NO5Si2/c1-42(2,3)50(32-22-12-8-13-23-32,33-24-14-9-15-25-33)47-27-17-21-31-20-16-26-36(48-49(4,5)6)38-37-35(28-34(31)39(38)44)40(45)43(41(37)46)29-30-18-10-7-11-19-30/h7-16,18-20,22-25,31,34-38H,17,21,26-29H2,1-6H3/b20-16-/t31-,34-,35-,36+,37-,38-/m1/s1. The smallest absolute Gasteiger partial charge is 0.261 e. The van der Waals surface area contributed by atoms with Crippen LogP contribution in [0.3, 0.4) is 0 Å². The van der Waals surface area contributed by atoms with Gasteiger partial charge in [-0.2, -0.15) is 0 Å². The monoisotopic (exact) mass is 707 g/mol. The number of fused-ring (bicyclic) bond motifs is 4. The molecule has 2 aliphatic carbocycles. The second kappa shape index (κ2) is 14.7. The summed E-state index contributed by atoms with van der Waals surface area (Å²) in [5, 5.41) is 2.38. The Morgan fingerprint density at radius 3 is 1.90 bits per heavy atom. The molecule has 2 bridgehead atoms. The maximum atomic E-state index is 14.6. The first-order valence-electron chi connectivity index (χ1n) is 18.3. The number of nitrogens with zero attached hydrogens (tertiary/aromatic N) is 1. The fraction of sp³-hybridized carbons (Fsp3) is 0.452. The summed E-state index contributed by atoms with van der Waals surface area (Å²) >= 11 is 0. The van der Waals surface area contributed by atoms with Gasteiger partial charge in [0.1, 0.15) is 5.78 Å². The Morgan fingerprint density at radius 2 is 1.34 bits per heavy atom. The van der Waals surface area contributed by atoms with Crippen LogP contribution < -0.4 is 10.4 Å². The maximum Gasteiger partial charge on any atom is 0.261 e. The molecule has 0 unspecified atom stereocenters. The molecule has 0 spiro atoms. The molecule has 0 radical (unpaired) electrons. The summed E-state index contributed by atoms with van der Waals surface area (Å²) in [7, 11) is -4.76. The summed E-state index contributed by atoms with van der Waals surface area (Å²) in [6.07, 6.45) is 6.48. The molecule has 50 heavy (non-hydrogen) atoms. The van der Waals surface area contributed by atoms with E-state index in [0.29, 0.717) is 19.4 Å². The van der Waals surface area contributed by atoms with E-state index in [1.807, 2.05) is 30.3 Å². The Morgan fingerprint density at radius 1 is 0.760 bits per heavy atom. The lowest BCUT2D eigenvalue weighted by molar-refractivity contribution is -0.147. The Labute approximate surface area is 300 Å². The van der Waals surface area contributed by atoms with Gasteiger partial charge in [0.25, 0.3) is 8.32 Å². The molecule has 3 aromatic rings. The van der Waals surface area contributed by atoms with Crippen LogP contribution in [0, 0.1) is 29.6 Å². The second-order valence-electron chi connectivity index (χ2n) is 16.4. The molecule has 1 saturated carbocycles. The molecule has 3 aromatic carbocycles. The van der Waals surface area contributed by atoms with Crippen molar-refractivity contribution in [3.05, 3.63) is 109 Å². The average molecular weight is 708 g/mol. The molecule has 2 amide bonds. The molecule has 6 rings (SSSR count). The number of Topliss-reactive ketones (excluding diaryl/α,β-unsaturated/α-hetero) is 1. The van der Waals surface area contributed by atoms with Crippen molar-refractivity contribution in [1.29, 1.82) is 0 Å². The van der Waals surface area contributed by atoms with E-state index in [4.69, 9.17) is 8.85 Å². The van der Waals surface area contributed by atoms with E-state index in [9.17, 15) is 14.4 Å². The van der Waals surface area contributed by atoms with Crippen LogP contribution in [0.15, 0.2) is 103 Å². The van der Waals surface area contributed by atoms with E-state index in [2.05, 4.69) is 113 Å². The number of hydrogen-bond donors (Lipinski definition) is 0. The summed E-state index contributed by atoms with van der Waals surface area (Å²) in [6, 6.07) is 31.0. The summed E-state index contributed by atoms with van der Waals surface area (Å²) in [5.74, 6) is -2.43. The van der Waals surface area contributed by atoms with E-state index in [1.165, 1.54) is 15.3 Å². The number of allylic oxidation sites excluding steroid dienone is 1. The molecule has 6 nitrogen and oxygen atoms in total. The van der Waals surface area contributed by atoms with E-state index in [1.54, 1.807) is 0 Å². The van der Waals surface area contributed by atoms with Crippen LogP contribution in [-0.2, 0) is 29.8 Å². The van der Waals surface area contributed by atoms with Gasteiger partial charge in [0.2, 0.25) is 11.8 Å². The summed E-state index contributed by atoms with van der Waals surface area (Å²) < 4.78 is 13.9. The van der Waals surface area contributed by atoms with Crippen molar-refractivity contribution in [3.63, 3.8) is 0 Å². The van der Waals surface area contributed by atoms with Crippen molar-refractivity contribution in [2.45, 2.75) is 83.8 Å². The first-order chi connectivity index (χ1) is 23.8. The highest BCUT2D eigenvalue weighted by molar-refractivity contribution is 6.99. The molecule has 1 heterocycles. The van der Waals surface area contributed by atoms with Gasteiger partial charge in [0.05, 0.1) is 30.4 Å².